The molecule has 46 heavy (non-hydrogen) atoms. The lowest BCUT2D eigenvalue weighted by atomic mass is 9.87. The van der Waals surface area contributed by atoms with Gasteiger partial charge in [-0.2, -0.15) is 0 Å². The first-order chi connectivity index (χ1) is 22.8. The highest BCUT2D eigenvalue weighted by atomic mass is 15.1. The molecule has 218 valence electrons. The van der Waals surface area contributed by atoms with Crippen LogP contribution in [0.25, 0.3) is 49.0 Å². The van der Waals surface area contributed by atoms with E-state index in [2.05, 4.69) is 185 Å². The Kier molecular flexibility index (Phi) is 6.31. The fraction of sp³-hybridized carbons (Fsp3) is 0.0455. The number of hydrogen-bond acceptors (Lipinski definition) is 1. The first-order valence-electron chi connectivity index (χ1n) is 16.1. The van der Waals surface area contributed by atoms with E-state index in [0.29, 0.717) is 0 Å². The van der Waals surface area contributed by atoms with Crippen molar-refractivity contribution in [2.75, 3.05) is 4.90 Å². The molecule has 1 atom stereocenters. The maximum absolute atomic E-state index is 2.49. The summed E-state index contributed by atoms with van der Waals surface area (Å²) in [5.74, 6) is 0.207. The topological polar surface area (TPSA) is 8.17 Å². The lowest BCUT2D eigenvalue weighted by Gasteiger charge is -2.30. The first kappa shape index (κ1) is 26.5. The highest BCUT2D eigenvalue weighted by Gasteiger charge is 2.24. The van der Waals surface area contributed by atoms with Gasteiger partial charge in [0.15, 0.2) is 0 Å². The smallest absolute Gasteiger partial charge is 0.0547 e. The van der Waals surface area contributed by atoms with Crippen molar-refractivity contribution >= 4 is 54.7 Å². The van der Waals surface area contributed by atoms with Gasteiger partial charge >= 0.3 is 0 Å². The molecule has 0 N–H and O–H groups in total. The van der Waals surface area contributed by atoms with E-state index in [0.717, 1.165) is 12.1 Å². The summed E-state index contributed by atoms with van der Waals surface area (Å²) in [6.45, 7) is 0. The number of para-hydroxylation sites is 2. The van der Waals surface area contributed by atoms with Crippen LogP contribution >= 0.6 is 0 Å². The zero-order valence-corrected chi connectivity index (χ0v) is 25.4. The van der Waals surface area contributed by atoms with Gasteiger partial charge in [0.05, 0.1) is 16.7 Å². The molecule has 0 bridgehead atoms. The van der Waals surface area contributed by atoms with Crippen molar-refractivity contribution in [2.24, 2.45) is 0 Å². The molecular formula is C44H32N2. The molecule has 1 aliphatic rings. The summed E-state index contributed by atoms with van der Waals surface area (Å²) < 4.78 is 2.44. The minimum Gasteiger partial charge on any atom is -0.310 e. The predicted octanol–water partition coefficient (Wildman–Crippen LogP) is 11.9. The second kappa shape index (κ2) is 10.9. The highest BCUT2D eigenvalue weighted by Crippen LogP contribution is 2.44. The van der Waals surface area contributed by atoms with Crippen molar-refractivity contribution in [2.45, 2.75) is 12.3 Å². The molecule has 7 aromatic carbocycles. The fourth-order valence-electron chi connectivity index (χ4n) is 7.46. The predicted molar refractivity (Wildman–Crippen MR) is 195 cm³/mol. The van der Waals surface area contributed by atoms with Crippen LogP contribution in [0, 0.1) is 0 Å². The van der Waals surface area contributed by atoms with Crippen LogP contribution in [0.1, 0.15) is 17.9 Å². The van der Waals surface area contributed by atoms with Crippen LogP contribution in [0.3, 0.4) is 0 Å². The number of fused-ring (bicyclic) bond motifs is 6. The zero-order valence-electron chi connectivity index (χ0n) is 25.4. The molecule has 0 spiro atoms. The molecule has 8 aromatic rings. The van der Waals surface area contributed by atoms with Crippen LogP contribution in [0.15, 0.2) is 182 Å². The van der Waals surface area contributed by atoms with Gasteiger partial charge in [0.2, 0.25) is 0 Å². The van der Waals surface area contributed by atoms with Crippen molar-refractivity contribution in [3.8, 4) is 5.69 Å². The standard InChI is InChI=1S/C44H32N2/c1-3-18-34(19-4-1)45(40-26-12-16-31-14-7-9-23-37(31)40)36-22-11-17-33(30-36)39-25-13-27-41-44(39)43-38-24-10-8-15-32(38)28-29-42(43)46(41)35-20-5-2-6-21-35/h1-16,18-30,33H,17H2. The van der Waals surface area contributed by atoms with Crippen molar-refractivity contribution in [1.29, 1.82) is 0 Å². The van der Waals surface area contributed by atoms with Gasteiger partial charge in [-0.05, 0) is 76.7 Å². The van der Waals surface area contributed by atoms with Gasteiger partial charge in [0, 0.05) is 39.1 Å². The normalized spacial score (nSPS) is 14.7. The van der Waals surface area contributed by atoms with Crippen LogP contribution in [0.2, 0.25) is 0 Å². The van der Waals surface area contributed by atoms with Gasteiger partial charge in [-0.1, -0.05) is 127 Å². The van der Waals surface area contributed by atoms with Gasteiger partial charge in [-0.3, -0.25) is 0 Å². The maximum atomic E-state index is 2.49. The minimum absolute atomic E-state index is 0.207. The second-order valence-electron chi connectivity index (χ2n) is 12.1. The van der Waals surface area contributed by atoms with E-state index in [9.17, 15) is 0 Å². The summed E-state index contributed by atoms with van der Waals surface area (Å²) in [7, 11) is 0. The molecule has 9 rings (SSSR count). The van der Waals surface area contributed by atoms with Gasteiger partial charge in [0.25, 0.3) is 0 Å². The number of allylic oxidation sites excluding steroid dienone is 3. The van der Waals surface area contributed by atoms with Crippen LogP contribution in [0.4, 0.5) is 11.4 Å². The van der Waals surface area contributed by atoms with Crippen LogP contribution in [-0.2, 0) is 0 Å². The summed E-state index contributed by atoms with van der Waals surface area (Å²) in [5.41, 5.74) is 8.55. The number of anilines is 2. The third-order valence-electron chi connectivity index (χ3n) is 9.46. The Morgan fingerprint density at radius 3 is 2.00 bits per heavy atom. The Labute approximate surface area is 268 Å². The quantitative estimate of drug-likeness (QED) is 0.194. The Morgan fingerprint density at radius 2 is 1.17 bits per heavy atom. The molecule has 1 aromatic heterocycles. The van der Waals surface area contributed by atoms with E-state index in [1.54, 1.807) is 0 Å². The molecule has 2 heteroatoms. The van der Waals surface area contributed by atoms with E-state index in [1.165, 1.54) is 66.0 Å². The van der Waals surface area contributed by atoms with Crippen LogP contribution in [-0.4, -0.2) is 4.57 Å². The van der Waals surface area contributed by atoms with Gasteiger partial charge in [-0.15, -0.1) is 0 Å². The van der Waals surface area contributed by atoms with E-state index in [1.807, 2.05) is 0 Å². The Hall–Kier alpha value is -5.86. The highest BCUT2D eigenvalue weighted by molar-refractivity contribution is 6.22. The van der Waals surface area contributed by atoms with Crippen molar-refractivity contribution in [3.05, 3.63) is 187 Å². The first-order valence-corrected chi connectivity index (χ1v) is 16.1. The summed E-state index contributed by atoms with van der Waals surface area (Å²) in [6, 6.07) is 57.1. The molecule has 0 radical (unpaired) electrons. The van der Waals surface area contributed by atoms with Gasteiger partial charge in [0.1, 0.15) is 0 Å². The molecule has 1 aliphatic carbocycles. The Bertz CT molecular complexity index is 2440. The molecule has 1 unspecified atom stereocenters. The van der Waals surface area contributed by atoms with E-state index in [4.69, 9.17) is 0 Å². The van der Waals surface area contributed by atoms with E-state index < -0.39 is 0 Å². The molecule has 0 saturated heterocycles. The SMILES string of the molecule is C1=CC(N(c2ccccc2)c2cccc3ccccc23)=CC(c2cccc3c2c2c4ccccc4ccc2n3-c2ccccc2)C1. The van der Waals surface area contributed by atoms with E-state index >= 15 is 0 Å². The lowest BCUT2D eigenvalue weighted by Crippen LogP contribution is -2.18. The van der Waals surface area contributed by atoms with Crippen molar-refractivity contribution in [1.82, 2.24) is 4.57 Å². The average Bonchev–Trinajstić information content (AvgIpc) is 3.48. The number of aromatic nitrogens is 1. The summed E-state index contributed by atoms with van der Waals surface area (Å²) in [4.78, 5) is 2.42. The van der Waals surface area contributed by atoms with E-state index in [-0.39, 0.29) is 5.92 Å². The minimum atomic E-state index is 0.207. The Balaban J connectivity index is 1.29. The zero-order chi connectivity index (χ0) is 30.5. The summed E-state index contributed by atoms with van der Waals surface area (Å²) in [5, 5.41) is 7.71. The second-order valence-corrected chi connectivity index (χ2v) is 12.1. The maximum Gasteiger partial charge on any atom is 0.0547 e. The third kappa shape index (κ3) is 4.26. The summed E-state index contributed by atoms with van der Waals surface area (Å²) >= 11 is 0. The van der Waals surface area contributed by atoms with Crippen LogP contribution in [0.5, 0.6) is 0 Å². The van der Waals surface area contributed by atoms with Crippen LogP contribution < -0.4 is 4.90 Å². The molecule has 2 nitrogen and oxygen atoms in total. The molecule has 0 aliphatic heterocycles. The largest absolute Gasteiger partial charge is 0.310 e. The summed E-state index contributed by atoms with van der Waals surface area (Å²) in [6.07, 6.45) is 8.09. The van der Waals surface area contributed by atoms with Crippen molar-refractivity contribution < 1.29 is 0 Å². The number of nitrogens with zero attached hydrogens (tertiary/aromatic N) is 2. The average molecular weight is 589 g/mol. The number of benzene rings is 7. The molecule has 0 fully saturated rings. The number of hydrogen-bond donors (Lipinski definition) is 0. The van der Waals surface area contributed by atoms with Crippen molar-refractivity contribution in [3.63, 3.8) is 0 Å². The molecular weight excluding hydrogens is 556 g/mol. The van der Waals surface area contributed by atoms with Gasteiger partial charge < -0.3 is 9.47 Å². The molecule has 1 heterocycles. The monoisotopic (exact) mass is 588 g/mol. The molecule has 0 amide bonds. The fourth-order valence-corrected chi connectivity index (χ4v) is 7.46. The molecule has 0 saturated carbocycles. The number of rotatable bonds is 5. The Morgan fingerprint density at radius 1 is 0.522 bits per heavy atom. The van der Waals surface area contributed by atoms with Gasteiger partial charge in [-0.25, -0.2) is 0 Å². The lowest BCUT2D eigenvalue weighted by molar-refractivity contribution is 0.846. The third-order valence-corrected chi connectivity index (χ3v) is 9.46.